The van der Waals surface area contributed by atoms with Crippen molar-refractivity contribution in [3.8, 4) is 0 Å². The lowest BCUT2D eigenvalue weighted by Crippen LogP contribution is -1.83. The zero-order valence-electron chi connectivity index (χ0n) is 9.09. The molecule has 0 atom stereocenters. The highest BCUT2D eigenvalue weighted by molar-refractivity contribution is 8.01. The van der Waals surface area contributed by atoms with E-state index >= 15 is 0 Å². The average molecular weight is 257 g/mol. The van der Waals surface area contributed by atoms with Crippen LogP contribution in [0.4, 0.5) is 5.69 Å². The van der Waals surface area contributed by atoms with Crippen molar-refractivity contribution in [3.05, 3.63) is 54.6 Å². The van der Waals surface area contributed by atoms with Crippen molar-refractivity contribution in [3.63, 3.8) is 0 Å². The zero-order chi connectivity index (χ0) is 11.7. The van der Waals surface area contributed by atoms with Gasteiger partial charge in [-0.1, -0.05) is 48.2 Å². The van der Waals surface area contributed by atoms with Gasteiger partial charge >= 0.3 is 0 Å². The van der Waals surface area contributed by atoms with E-state index in [-0.39, 0.29) is 0 Å². The molecule has 1 heterocycles. The second-order valence-electron chi connectivity index (χ2n) is 3.71. The quantitative estimate of drug-likeness (QED) is 0.724. The van der Waals surface area contributed by atoms with Crippen LogP contribution in [0.2, 0.25) is 0 Å². The molecule has 0 aliphatic heterocycles. The third-order valence-corrected chi connectivity index (χ3v) is 4.95. The highest BCUT2D eigenvalue weighted by Gasteiger charge is 2.09. The smallest absolute Gasteiger partial charge is 0.0889 e. The van der Waals surface area contributed by atoms with Crippen LogP contribution in [0.15, 0.2) is 63.7 Å². The molecule has 1 nitrogen and oxygen atoms in total. The van der Waals surface area contributed by atoms with Gasteiger partial charge in [-0.15, -0.1) is 11.3 Å². The van der Waals surface area contributed by atoms with E-state index in [2.05, 4.69) is 30.3 Å². The van der Waals surface area contributed by atoms with Gasteiger partial charge in [0.2, 0.25) is 0 Å². The Labute approximate surface area is 108 Å². The summed E-state index contributed by atoms with van der Waals surface area (Å²) in [5, 5.41) is 1.16. The van der Waals surface area contributed by atoms with Crippen LogP contribution < -0.4 is 5.73 Å². The molecule has 3 aromatic rings. The Bertz CT molecular complexity index is 644. The van der Waals surface area contributed by atoms with E-state index in [4.69, 9.17) is 5.73 Å². The van der Waals surface area contributed by atoms with Gasteiger partial charge in [0.1, 0.15) is 0 Å². The molecule has 3 rings (SSSR count). The third-order valence-electron chi connectivity index (χ3n) is 2.55. The van der Waals surface area contributed by atoms with Crippen molar-refractivity contribution in [1.29, 1.82) is 0 Å². The van der Waals surface area contributed by atoms with Gasteiger partial charge in [0.25, 0.3) is 0 Å². The third kappa shape index (κ3) is 2.04. The Balaban J connectivity index is 2.04. The maximum absolute atomic E-state index is 6.18. The number of hydrogen-bond acceptors (Lipinski definition) is 3. The minimum absolute atomic E-state index is 0.902. The Morgan fingerprint density at radius 3 is 2.35 bits per heavy atom. The molecular formula is C14H11NS2. The number of hydrogen-bond donors (Lipinski definition) is 1. The van der Waals surface area contributed by atoms with Gasteiger partial charge in [0, 0.05) is 15.0 Å². The van der Waals surface area contributed by atoms with Crippen molar-refractivity contribution in [2.24, 2.45) is 0 Å². The molecule has 0 amide bonds. The molecule has 0 spiro atoms. The van der Waals surface area contributed by atoms with Crippen LogP contribution in [-0.2, 0) is 0 Å². The van der Waals surface area contributed by atoms with E-state index in [1.165, 1.54) is 13.8 Å². The van der Waals surface area contributed by atoms with E-state index < -0.39 is 0 Å². The van der Waals surface area contributed by atoms with Crippen LogP contribution in [0.25, 0.3) is 10.1 Å². The van der Waals surface area contributed by atoms with Crippen LogP contribution in [0.3, 0.4) is 0 Å². The number of thiophene rings is 1. The largest absolute Gasteiger partial charge is 0.397 e. The van der Waals surface area contributed by atoms with Gasteiger partial charge in [-0.3, -0.25) is 0 Å². The van der Waals surface area contributed by atoms with E-state index in [0.717, 1.165) is 11.1 Å². The van der Waals surface area contributed by atoms with Gasteiger partial charge in [-0.25, -0.2) is 0 Å². The maximum Gasteiger partial charge on any atom is 0.0889 e. The number of benzene rings is 2. The van der Waals surface area contributed by atoms with E-state index in [9.17, 15) is 0 Å². The standard InChI is InChI=1S/C14H11NS2/c15-13-11-8-4-5-9-12(11)17-14(13)16-10-6-2-1-3-7-10/h1-9H,15H2. The molecular weight excluding hydrogens is 246 g/mol. The Morgan fingerprint density at radius 2 is 1.59 bits per heavy atom. The molecule has 84 valence electrons. The molecule has 0 fully saturated rings. The summed E-state index contributed by atoms with van der Waals surface area (Å²) < 4.78 is 2.43. The number of fused-ring (bicyclic) bond motifs is 1. The fraction of sp³-hybridized carbons (Fsp3) is 0. The number of rotatable bonds is 2. The summed E-state index contributed by atoms with van der Waals surface area (Å²) >= 11 is 3.49. The summed E-state index contributed by atoms with van der Waals surface area (Å²) in [6.07, 6.45) is 0. The van der Waals surface area contributed by atoms with Crippen LogP contribution in [-0.4, -0.2) is 0 Å². The monoisotopic (exact) mass is 257 g/mol. The molecule has 2 N–H and O–H groups in total. The topological polar surface area (TPSA) is 26.0 Å². The summed E-state index contributed by atoms with van der Waals surface area (Å²) in [4.78, 5) is 1.23. The maximum atomic E-state index is 6.18. The van der Waals surface area contributed by atoms with Gasteiger partial charge in [-0.05, 0) is 18.2 Å². The molecule has 0 saturated heterocycles. The SMILES string of the molecule is Nc1c(Sc2ccccc2)sc2ccccc12. The number of nitrogen functional groups attached to an aromatic ring is 1. The highest BCUT2D eigenvalue weighted by atomic mass is 32.2. The number of nitrogens with two attached hydrogens (primary N) is 1. The second kappa shape index (κ2) is 4.43. The predicted molar refractivity (Wildman–Crippen MR) is 76.8 cm³/mol. The van der Waals surface area contributed by atoms with Crippen molar-refractivity contribution in [1.82, 2.24) is 0 Å². The van der Waals surface area contributed by atoms with Gasteiger partial charge < -0.3 is 5.73 Å². The first-order chi connectivity index (χ1) is 8.34. The average Bonchev–Trinajstić information content (AvgIpc) is 2.68. The molecule has 17 heavy (non-hydrogen) atoms. The van der Waals surface area contributed by atoms with Crippen molar-refractivity contribution >= 4 is 38.9 Å². The van der Waals surface area contributed by atoms with E-state index in [0.29, 0.717) is 0 Å². The lowest BCUT2D eigenvalue weighted by molar-refractivity contribution is 1.46. The van der Waals surface area contributed by atoms with Crippen LogP contribution in [0, 0.1) is 0 Å². The molecule has 0 saturated carbocycles. The normalized spacial score (nSPS) is 10.8. The molecule has 0 unspecified atom stereocenters. The van der Waals surface area contributed by atoms with Gasteiger partial charge in [0.05, 0.1) is 9.90 Å². The summed E-state index contributed by atoms with van der Waals surface area (Å²) in [7, 11) is 0. The van der Waals surface area contributed by atoms with Crippen molar-refractivity contribution in [2.75, 3.05) is 5.73 Å². The molecule has 0 radical (unpaired) electrons. The minimum atomic E-state index is 0.902. The summed E-state index contributed by atoms with van der Waals surface area (Å²) in [6.45, 7) is 0. The zero-order valence-corrected chi connectivity index (χ0v) is 10.7. The fourth-order valence-electron chi connectivity index (χ4n) is 1.71. The number of anilines is 1. The lowest BCUT2D eigenvalue weighted by Gasteiger charge is -1.99. The molecule has 0 aliphatic rings. The van der Waals surface area contributed by atoms with E-state index in [1.807, 2.05) is 24.3 Å². The van der Waals surface area contributed by atoms with Crippen molar-refractivity contribution in [2.45, 2.75) is 9.10 Å². The summed E-state index contributed by atoms with van der Waals surface area (Å²) in [5.74, 6) is 0. The Morgan fingerprint density at radius 1 is 0.882 bits per heavy atom. The Kier molecular flexibility index (Phi) is 2.79. The van der Waals surface area contributed by atoms with Crippen LogP contribution in [0.5, 0.6) is 0 Å². The van der Waals surface area contributed by atoms with Gasteiger partial charge in [-0.2, -0.15) is 0 Å². The lowest BCUT2D eigenvalue weighted by atomic mass is 10.2. The van der Waals surface area contributed by atoms with Crippen LogP contribution in [0.1, 0.15) is 0 Å². The first kappa shape index (κ1) is 10.7. The fourth-order valence-corrected chi connectivity index (χ4v) is 4.02. The predicted octanol–water partition coefficient (Wildman–Crippen LogP) is 4.63. The minimum Gasteiger partial charge on any atom is -0.397 e. The molecule has 1 aromatic heterocycles. The highest BCUT2D eigenvalue weighted by Crippen LogP contribution is 2.42. The molecule has 0 bridgehead atoms. The molecule has 0 aliphatic carbocycles. The first-order valence-corrected chi connectivity index (χ1v) is 6.98. The van der Waals surface area contributed by atoms with Crippen LogP contribution >= 0.6 is 23.1 Å². The summed E-state index contributed by atoms with van der Waals surface area (Å²) in [5.41, 5.74) is 7.08. The first-order valence-electron chi connectivity index (χ1n) is 5.34. The molecule has 3 heteroatoms. The van der Waals surface area contributed by atoms with Crippen molar-refractivity contribution < 1.29 is 0 Å². The Hall–Kier alpha value is -1.45. The van der Waals surface area contributed by atoms with E-state index in [1.54, 1.807) is 23.1 Å². The molecule has 2 aromatic carbocycles. The second-order valence-corrected chi connectivity index (χ2v) is 6.11. The van der Waals surface area contributed by atoms with Gasteiger partial charge in [0.15, 0.2) is 0 Å². The summed E-state index contributed by atoms with van der Waals surface area (Å²) in [6, 6.07) is 18.6.